The first kappa shape index (κ1) is 11.7. The molecule has 2 rings (SSSR count). The van der Waals surface area contributed by atoms with Gasteiger partial charge in [-0.25, -0.2) is 0 Å². The van der Waals surface area contributed by atoms with E-state index in [0.29, 0.717) is 5.75 Å². The molecule has 0 aliphatic carbocycles. The van der Waals surface area contributed by atoms with Crippen molar-refractivity contribution >= 4 is 0 Å². The summed E-state index contributed by atoms with van der Waals surface area (Å²) >= 11 is 0. The summed E-state index contributed by atoms with van der Waals surface area (Å²) in [5.74, 6) is 0.308. The maximum atomic E-state index is 9.34. The molecule has 2 aromatic rings. The predicted octanol–water partition coefficient (Wildman–Crippen LogP) is 1.90. The van der Waals surface area contributed by atoms with E-state index in [-0.39, 0.29) is 0 Å². The molecule has 0 bridgehead atoms. The van der Waals surface area contributed by atoms with Crippen LogP contribution < -0.4 is 5.32 Å². The highest BCUT2D eigenvalue weighted by Crippen LogP contribution is 2.10. The second-order valence-corrected chi connectivity index (χ2v) is 3.91. The van der Waals surface area contributed by atoms with Crippen LogP contribution in [0.1, 0.15) is 18.2 Å². The zero-order valence-corrected chi connectivity index (χ0v) is 9.93. The smallest absolute Gasteiger partial charge is 0.115 e. The molecule has 17 heavy (non-hydrogen) atoms. The molecule has 0 aliphatic heterocycles. The number of nitrogens with zero attached hydrogens (tertiary/aromatic N) is 2. The van der Waals surface area contributed by atoms with Crippen molar-refractivity contribution in [3.8, 4) is 5.75 Å². The first-order chi connectivity index (χ1) is 8.29. The van der Waals surface area contributed by atoms with Gasteiger partial charge in [-0.1, -0.05) is 12.1 Å². The molecule has 0 aliphatic rings. The SMILES string of the molecule is CCn1nccc1CNCc1cccc(O)c1. The molecule has 1 aromatic heterocycles. The minimum absolute atomic E-state index is 0.308. The normalized spacial score (nSPS) is 10.6. The van der Waals surface area contributed by atoms with Gasteiger partial charge in [0, 0.05) is 25.8 Å². The fraction of sp³-hybridized carbons (Fsp3) is 0.308. The average Bonchev–Trinajstić information content (AvgIpc) is 2.77. The van der Waals surface area contributed by atoms with Gasteiger partial charge in [0.25, 0.3) is 0 Å². The van der Waals surface area contributed by atoms with Crippen LogP contribution in [0.4, 0.5) is 0 Å². The monoisotopic (exact) mass is 231 g/mol. The molecular weight excluding hydrogens is 214 g/mol. The Bertz CT molecular complexity index is 479. The third-order valence-electron chi connectivity index (χ3n) is 2.65. The summed E-state index contributed by atoms with van der Waals surface area (Å²) in [6.07, 6.45) is 1.81. The fourth-order valence-electron chi connectivity index (χ4n) is 1.80. The number of aromatic nitrogens is 2. The summed E-state index contributed by atoms with van der Waals surface area (Å²) in [4.78, 5) is 0. The van der Waals surface area contributed by atoms with Crippen molar-refractivity contribution in [3.05, 3.63) is 47.8 Å². The lowest BCUT2D eigenvalue weighted by Crippen LogP contribution is -2.16. The number of phenols is 1. The molecule has 4 nitrogen and oxygen atoms in total. The van der Waals surface area contributed by atoms with Gasteiger partial charge in [0.2, 0.25) is 0 Å². The van der Waals surface area contributed by atoms with Crippen molar-refractivity contribution in [1.82, 2.24) is 15.1 Å². The summed E-state index contributed by atoms with van der Waals surface area (Å²) in [7, 11) is 0. The van der Waals surface area contributed by atoms with Crippen LogP contribution in [0.25, 0.3) is 0 Å². The van der Waals surface area contributed by atoms with E-state index in [1.165, 1.54) is 5.69 Å². The first-order valence-corrected chi connectivity index (χ1v) is 5.79. The molecule has 0 fully saturated rings. The number of rotatable bonds is 5. The molecule has 0 atom stereocenters. The Hall–Kier alpha value is -1.81. The number of nitrogens with one attached hydrogen (secondary N) is 1. The lowest BCUT2D eigenvalue weighted by molar-refractivity contribution is 0.474. The number of hydrogen-bond acceptors (Lipinski definition) is 3. The van der Waals surface area contributed by atoms with E-state index in [0.717, 1.165) is 25.2 Å². The highest BCUT2D eigenvalue weighted by atomic mass is 16.3. The lowest BCUT2D eigenvalue weighted by Gasteiger charge is -2.07. The summed E-state index contributed by atoms with van der Waals surface area (Å²) in [6, 6.07) is 9.30. The lowest BCUT2D eigenvalue weighted by atomic mass is 10.2. The minimum atomic E-state index is 0.308. The van der Waals surface area contributed by atoms with E-state index in [1.807, 2.05) is 29.1 Å². The Morgan fingerprint density at radius 3 is 2.94 bits per heavy atom. The number of hydrogen-bond donors (Lipinski definition) is 2. The predicted molar refractivity (Wildman–Crippen MR) is 66.6 cm³/mol. The van der Waals surface area contributed by atoms with Crippen LogP contribution in [0.5, 0.6) is 5.75 Å². The highest BCUT2D eigenvalue weighted by molar-refractivity contribution is 5.26. The van der Waals surface area contributed by atoms with Crippen molar-refractivity contribution in [3.63, 3.8) is 0 Å². The molecule has 4 heteroatoms. The summed E-state index contributed by atoms with van der Waals surface area (Å²) in [5, 5.41) is 16.9. The molecule has 90 valence electrons. The third kappa shape index (κ3) is 3.07. The Kier molecular flexibility index (Phi) is 3.77. The van der Waals surface area contributed by atoms with E-state index in [9.17, 15) is 5.11 Å². The first-order valence-electron chi connectivity index (χ1n) is 5.79. The molecule has 0 spiro atoms. The zero-order chi connectivity index (χ0) is 12.1. The maximum absolute atomic E-state index is 9.34. The fourth-order valence-corrected chi connectivity index (χ4v) is 1.80. The molecule has 0 radical (unpaired) electrons. The average molecular weight is 231 g/mol. The molecule has 1 aromatic carbocycles. The van der Waals surface area contributed by atoms with Crippen LogP contribution in [0, 0.1) is 0 Å². The van der Waals surface area contributed by atoms with Gasteiger partial charge in [-0.3, -0.25) is 4.68 Å². The Morgan fingerprint density at radius 2 is 2.18 bits per heavy atom. The van der Waals surface area contributed by atoms with Gasteiger partial charge in [0.15, 0.2) is 0 Å². The van der Waals surface area contributed by atoms with Gasteiger partial charge in [-0.05, 0) is 30.7 Å². The van der Waals surface area contributed by atoms with Crippen molar-refractivity contribution in [2.75, 3.05) is 0 Å². The second-order valence-electron chi connectivity index (χ2n) is 3.91. The quantitative estimate of drug-likeness (QED) is 0.826. The van der Waals surface area contributed by atoms with Gasteiger partial charge in [-0.15, -0.1) is 0 Å². The molecule has 0 saturated carbocycles. The standard InChI is InChI=1S/C13H17N3O/c1-2-16-12(6-7-15-16)10-14-9-11-4-3-5-13(17)8-11/h3-8,14,17H,2,9-10H2,1H3. The van der Waals surface area contributed by atoms with Gasteiger partial charge >= 0.3 is 0 Å². The van der Waals surface area contributed by atoms with Crippen LogP contribution in [0.2, 0.25) is 0 Å². The summed E-state index contributed by atoms with van der Waals surface area (Å²) in [6.45, 7) is 4.48. The van der Waals surface area contributed by atoms with E-state index in [1.54, 1.807) is 12.1 Å². The van der Waals surface area contributed by atoms with Crippen molar-refractivity contribution < 1.29 is 5.11 Å². The van der Waals surface area contributed by atoms with Crippen molar-refractivity contribution in [2.24, 2.45) is 0 Å². The summed E-state index contributed by atoms with van der Waals surface area (Å²) in [5.41, 5.74) is 2.25. The Morgan fingerprint density at radius 1 is 1.29 bits per heavy atom. The molecular formula is C13H17N3O. The van der Waals surface area contributed by atoms with Crippen molar-refractivity contribution in [1.29, 1.82) is 0 Å². The van der Waals surface area contributed by atoms with E-state index >= 15 is 0 Å². The van der Waals surface area contributed by atoms with Crippen molar-refractivity contribution in [2.45, 2.75) is 26.6 Å². The van der Waals surface area contributed by atoms with Crippen LogP contribution >= 0.6 is 0 Å². The number of aryl methyl sites for hydroxylation is 1. The third-order valence-corrected chi connectivity index (χ3v) is 2.65. The molecule has 2 N–H and O–H groups in total. The zero-order valence-electron chi connectivity index (χ0n) is 9.93. The minimum Gasteiger partial charge on any atom is -0.508 e. The maximum Gasteiger partial charge on any atom is 0.115 e. The van der Waals surface area contributed by atoms with E-state index < -0.39 is 0 Å². The second kappa shape index (κ2) is 5.50. The molecule has 1 heterocycles. The Balaban J connectivity index is 1.87. The largest absolute Gasteiger partial charge is 0.508 e. The Labute approximate surface area is 101 Å². The summed E-state index contributed by atoms with van der Waals surface area (Å²) < 4.78 is 1.97. The molecule has 0 unspecified atom stereocenters. The van der Waals surface area contributed by atoms with Gasteiger partial charge in [0.05, 0.1) is 5.69 Å². The van der Waals surface area contributed by atoms with Gasteiger partial charge < -0.3 is 10.4 Å². The topological polar surface area (TPSA) is 50.1 Å². The van der Waals surface area contributed by atoms with Gasteiger partial charge in [0.1, 0.15) is 5.75 Å². The molecule has 0 amide bonds. The van der Waals surface area contributed by atoms with Gasteiger partial charge in [-0.2, -0.15) is 5.10 Å². The molecule has 0 saturated heterocycles. The van der Waals surface area contributed by atoms with E-state index in [2.05, 4.69) is 17.3 Å². The highest BCUT2D eigenvalue weighted by Gasteiger charge is 2.00. The van der Waals surface area contributed by atoms with Crippen LogP contribution in [-0.2, 0) is 19.6 Å². The van der Waals surface area contributed by atoms with Crippen LogP contribution in [0.15, 0.2) is 36.5 Å². The van der Waals surface area contributed by atoms with Crippen LogP contribution in [0.3, 0.4) is 0 Å². The van der Waals surface area contributed by atoms with Crippen LogP contribution in [-0.4, -0.2) is 14.9 Å². The number of aromatic hydroxyl groups is 1. The number of benzene rings is 1. The number of phenolic OH excluding ortho intramolecular Hbond substituents is 1. The van der Waals surface area contributed by atoms with E-state index in [4.69, 9.17) is 0 Å².